The fraction of sp³-hybridized carbons (Fsp3) is 0.294. The Bertz CT molecular complexity index is 1030. The highest BCUT2D eigenvalue weighted by Gasteiger charge is 2.19. The molecular weight excluding hydrogens is 374 g/mol. The number of rotatable bonds is 4. The number of hydrogen-bond donors (Lipinski definition) is 1. The Morgan fingerprint density at radius 3 is 2.88 bits per heavy atom. The molecule has 1 saturated heterocycles. The maximum absolute atomic E-state index is 12.7. The molecule has 2 aromatic heterocycles. The van der Waals surface area contributed by atoms with Gasteiger partial charge in [0, 0.05) is 23.8 Å². The van der Waals surface area contributed by atoms with Crippen LogP contribution in [0, 0.1) is 0 Å². The van der Waals surface area contributed by atoms with Gasteiger partial charge in [0.2, 0.25) is 5.91 Å². The van der Waals surface area contributed by atoms with E-state index in [4.69, 9.17) is 11.6 Å². The minimum Gasteiger partial charge on any atom is -0.348 e. The van der Waals surface area contributed by atoms with Crippen LogP contribution in [0.4, 0.5) is 10.8 Å². The topological polar surface area (TPSA) is 80.1 Å². The van der Waals surface area contributed by atoms with Crippen LogP contribution in [-0.4, -0.2) is 33.5 Å². The van der Waals surface area contributed by atoms with Crippen LogP contribution in [0.5, 0.6) is 0 Å². The Hall–Kier alpha value is -2.45. The van der Waals surface area contributed by atoms with Crippen molar-refractivity contribution in [2.24, 2.45) is 0 Å². The minimum absolute atomic E-state index is 0.120. The first-order valence-electron chi connectivity index (χ1n) is 8.26. The fourth-order valence-corrected chi connectivity index (χ4v) is 4.12. The number of halogens is 1. The maximum Gasteiger partial charge on any atom is 0.273 e. The van der Waals surface area contributed by atoms with E-state index in [9.17, 15) is 9.59 Å². The van der Waals surface area contributed by atoms with Gasteiger partial charge < -0.3 is 10.2 Å². The van der Waals surface area contributed by atoms with Gasteiger partial charge in [-0.2, -0.15) is 4.98 Å². The second-order valence-electron chi connectivity index (χ2n) is 6.08. The highest BCUT2D eigenvalue weighted by molar-refractivity contribution is 7.22. The largest absolute Gasteiger partial charge is 0.348 e. The summed E-state index contributed by atoms with van der Waals surface area (Å²) in [6, 6.07) is 6.85. The molecule has 0 spiro atoms. The van der Waals surface area contributed by atoms with Crippen molar-refractivity contribution in [3.8, 4) is 0 Å². The van der Waals surface area contributed by atoms with Crippen LogP contribution < -0.4 is 15.8 Å². The van der Waals surface area contributed by atoms with Gasteiger partial charge in [-0.25, -0.2) is 4.98 Å². The van der Waals surface area contributed by atoms with Crippen LogP contribution in [0.3, 0.4) is 0 Å². The second-order valence-corrected chi connectivity index (χ2v) is 7.49. The van der Waals surface area contributed by atoms with Gasteiger partial charge >= 0.3 is 0 Å². The van der Waals surface area contributed by atoms with E-state index < -0.39 is 0 Å². The fourth-order valence-electron chi connectivity index (χ4n) is 2.91. The molecule has 1 aromatic carbocycles. The molecule has 3 aromatic rings. The molecule has 0 bridgehead atoms. The molecule has 1 aliphatic rings. The number of anilines is 2. The summed E-state index contributed by atoms with van der Waals surface area (Å²) in [5, 5.41) is 4.08. The maximum atomic E-state index is 12.7. The lowest BCUT2D eigenvalue weighted by molar-refractivity contribution is -0.116. The number of benzene rings is 1. The second kappa shape index (κ2) is 7.05. The van der Waals surface area contributed by atoms with Gasteiger partial charge in [-0.15, -0.1) is 0 Å². The van der Waals surface area contributed by atoms with Gasteiger partial charge in [0.05, 0.1) is 0 Å². The van der Waals surface area contributed by atoms with Gasteiger partial charge in [-0.05, 0) is 31.0 Å². The van der Waals surface area contributed by atoms with Crippen molar-refractivity contribution in [2.75, 3.05) is 23.3 Å². The summed E-state index contributed by atoms with van der Waals surface area (Å²) in [6.45, 7) is 1.79. The molecule has 134 valence electrons. The summed E-state index contributed by atoms with van der Waals surface area (Å²) in [6.07, 6.45) is 3.64. The third-order valence-electron chi connectivity index (χ3n) is 4.17. The van der Waals surface area contributed by atoms with E-state index in [1.807, 2.05) is 0 Å². The van der Waals surface area contributed by atoms with Crippen molar-refractivity contribution in [1.29, 1.82) is 0 Å². The molecule has 1 fully saturated rings. The molecule has 7 nitrogen and oxygen atoms in total. The number of hydrogen-bond acceptors (Lipinski definition) is 6. The third kappa shape index (κ3) is 3.42. The van der Waals surface area contributed by atoms with E-state index in [2.05, 4.69) is 20.2 Å². The van der Waals surface area contributed by atoms with E-state index in [1.165, 1.54) is 22.2 Å². The van der Waals surface area contributed by atoms with Crippen molar-refractivity contribution in [3.05, 3.63) is 46.0 Å². The number of carbonyl (C=O) groups is 1. The van der Waals surface area contributed by atoms with Crippen LogP contribution in [0.2, 0.25) is 5.02 Å². The number of nitrogens with one attached hydrogen (secondary N) is 1. The lowest BCUT2D eigenvalue weighted by atomic mass is 10.3. The highest BCUT2D eigenvalue weighted by Crippen LogP contribution is 2.27. The van der Waals surface area contributed by atoms with Gasteiger partial charge in [-0.3, -0.25) is 14.2 Å². The van der Waals surface area contributed by atoms with E-state index in [1.54, 1.807) is 24.3 Å². The van der Waals surface area contributed by atoms with Crippen molar-refractivity contribution in [3.63, 3.8) is 0 Å². The van der Waals surface area contributed by atoms with E-state index in [-0.39, 0.29) is 18.0 Å². The molecule has 3 heterocycles. The van der Waals surface area contributed by atoms with Crippen LogP contribution >= 0.6 is 22.9 Å². The number of amides is 1. The first-order valence-corrected chi connectivity index (χ1v) is 9.46. The molecule has 0 radical (unpaired) electrons. The number of nitrogens with zero attached hydrogens (tertiary/aromatic N) is 4. The number of aromatic nitrogens is 3. The standard InChI is InChI=1S/C17H16ClN5O2S/c18-11-4-3-5-12(8-11)20-13(24)9-23-10-19-15-14(16(23)25)26-17(21-15)22-6-1-2-7-22/h3-5,8,10H,1-2,6-7,9H2,(H,20,24). The van der Waals surface area contributed by atoms with Gasteiger partial charge in [0.15, 0.2) is 10.8 Å². The highest BCUT2D eigenvalue weighted by atomic mass is 35.5. The molecule has 1 N–H and O–H groups in total. The van der Waals surface area contributed by atoms with Crippen LogP contribution in [0.1, 0.15) is 12.8 Å². The van der Waals surface area contributed by atoms with Crippen molar-refractivity contribution in [1.82, 2.24) is 14.5 Å². The van der Waals surface area contributed by atoms with E-state index in [0.717, 1.165) is 31.1 Å². The molecular formula is C17H16ClN5O2S. The summed E-state index contributed by atoms with van der Waals surface area (Å²) in [5.41, 5.74) is 0.770. The molecule has 1 aliphatic heterocycles. The smallest absolute Gasteiger partial charge is 0.273 e. The Morgan fingerprint density at radius 1 is 1.31 bits per heavy atom. The molecule has 0 aliphatic carbocycles. The molecule has 0 unspecified atom stereocenters. The Balaban J connectivity index is 1.55. The number of thiazole rings is 1. The van der Waals surface area contributed by atoms with Crippen LogP contribution in [0.25, 0.3) is 10.3 Å². The predicted molar refractivity (Wildman–Crippen MR) is 103 cm³/mol. The average Bonchev–Trinajstić information content (AvgIpc) is 3.26. The SMILES string of the molecule is O=C(Cn1cnc2nc(N3CCCC3)sc2c1=O)Nc1cccc(Cl)c1. The predicted octanol–water partition coefficient (Wildman–Crippen LogP) is 2.75. The van der Waals surface area contributed by atoms with Gasteiger partial charge in [0.25, 0.3) is 5.56 Å². The quantitative estimate of drug-likeness (QED) is 0.742. The summed E-state index contributed by atoms with van der Waals surface area (Å²) in [4.78, 5) is 35.8. The Labute approximate surface area is 158 Å². The Kier molecular flexibility index (Phi) is 4.60. The number of carbonyl (C=O) groups excluding carboxylic acids is 1. The van der Waals surface area contributed by atoms with Crippen LogP contribution in [-0.2, 0) is 11.3 Å². The lowest BCUT2D eigenvalue weighted by Gasteiger charge is -2.11. The molecule has 4 rings (SSSR count). The first-order chi connectivity index (χ1) is 12.6. The zero-order valence-corrected chi connectivity index (χ0v) is 15.4. The first kappa shape index (κ1) is 17.0. The molecule has 26 heavy (non-hydrogen) atoms. The minimum atomic E-state index is -0.320. The monoisotopic (exact) mass is 389 g/mol. The third-order valence-corrected chi connectivity index (χ3v) is 5.50. The zero-order valence-electron chi connectivity index (χ0n) is 13.8. The van der Waals surface area contributed by atoms with Crippen molar-refractivity contribution < 1.29 is 4.79 Å². The summed E-state index contributed by atoms with van der Waals surface area (Å²) in [5.74, 6) is -0.320. The van der Waals surface area contributed by atoms with Crippen LogP contribution in [0.15, 0.2) is 35.4 Å². The van der Waals surface area contributed by atoms with Gasteiger partial charge in [-0.1, -0.05) is 29.0 Å². The summed E-state index contributed by atoms with van der Waals surface area (Å²) in [7, 11) is 0. The van der Waals surface area contributed by atoms with Gasteiger partial charge in [0.1, 0.15) is 17.6 Å². The molecule has 0 atom stereocenters. The Morgan fingerprint density at radius 2 is 2.12 bits per heavy atom. The van der Waals surface area contributed by atoms with Crippen molar-refractivity contribution >= 4 is 50.0 Å². The van der Waals surface area contributed by atoms with E-state index >= 15 is 0 Å². The summed E-state index contributed by atoms with van der Waals surface area (Å²) >= 11 is 7.25. The molecule has 1 amide bonds. The normalized spacial score (nSPS) is 14.1. The molecule has 9 heteroatoms. The van der Waals surface area contributed by atoms with E-state index in [0.29, 0.717) is 21.1 Å². The zero-order chi connectivity index (χ0) is 18.1. The average molecular weight is 390 g/mol. The summed E-state index contributed by atoms with van der Waals surface area (Å²) < 4.78 is 1.78. The lowest BCUT2D eigenvalue weighted by Crippen LogP contribution is -2.27. The number of fused-ring (bicyclic) bond motifs is 1. The van der Waals surface area contributed by atoms with Crippen molar-refractivity contribution in [2.45, 2.75) is 19.4 Å². The molecule has 0 saturated carbocycles.